The second-order valence-electron chi connectivity index (χ2n) is 5.14. The number of hydrogen-bond acceptors (Lipinski definition) is 2. The van der Waals surface area contributed by atoms with Crippen LogP contribution in [0.3, 0.4) is 0 Å². The minimum atomic E-state index is 0.396. The van der Waals surface area contributed by atoms with Crippen molar-refractivity contribution in [3.05, 3.63) is 18.0 Å². The second-order valence-corrected chi connectivity index (χ2v) is 5.14. The van der Waals surface area contributed by atoms with E-state index in [1.54, 1.807) is 0 Å². The lowest BCUT2D eigenvalue weighted by Crippen LogP contribution is -2.18. The van der Waals surface area contributed by atoms with Crippen LogP contribution in [0.1, 0.15) is 51.3 Å². The van der Waals surface area contributed by atoms with E-state index in [-0.39, 0.29) is 0 Å². The lowest BCUT2D eigenvalue weighted by Gasteiger charge is -2.13. The predicted octanol–water partition coefficient (Wildman–Crippen LogP) is 2.53. The highest BCUT2D eigenvalue weighted by Gasteiger charge is 2.41. The van der Waals surface area contributed by atoms with Gasteiger partial charge in [0.2, 0.25) is 0 Å². The van der Waals surface area contributed by atoms with E-state index in [4.69, 9.17) is 5.73 Å². The molecule has 1 fully saturated rings. The lowest BCUT2D eigenvalue weighted by atomic mass is 10.0. The molecule has 1 aromatic rings. The fourth-order valence-electron chi connectivity index (χ4n) is 2.35. The molecule has 2 N–H and O–H groups in total. The number of nitrogens with two attached hydrogens (primary N) is 1. The van der Waals surface area contributed by atoms with Crippen molar-refractivity contribution in [1.29, 1.82) is 0 Å². The van der Waals surface area contributed by atoms with Crippen LogP contribution in [-0.2, 0) is 6.42 Å². The lowest BCUT2D eigenvalue weighted by molar-refractivity contribution is 0.420. The molecule has 0 bridgehead atoms. The molecule has 1 aliphatic carbocycles. The van der Waals surface area contributed by atoms with Gasteiger partial charge in [-0.15, -0.1) is 0 Å². The van der Waals surface area contributed by atoms with E-state index in [2.05, 4.69) is 35.9 Å². The molecule has 3 nitrogen and oxygen atoms in total. The van der Waals surface area contributed by atoms with Gasteiger partial charge < -0.3 is 5.73 Å². The maximum absolute atomic E-state index is 5.80. The first-order valence-electron chi connectivity index (χ1n) is 6.47. The molecule has 3 heteroatoms. The molecule has 0 aromatic carbocycles. The number of nitrogens with zero attached hydrogens (tertiary/aromatic N) is 2. The van der Waals surface area contributed by atoms with Gasteiger partial charge in [-0.25, -0.2) is 0 Å². The van der Waals surface area contributed by atoms with Crippen molar-refractivity contribution in [3.63, 3.8) is 0 Å². The predicted molar refractivity (Wildman–Crippen MR) is 66.3 cm³/mol. The molecule has 0 saturated heterocycles. The van der Waals surface area contributed by atoms with E-state index in [9.17, 15) is 0 Å². The van der Waals surface area contributed by atoms with Crippen LogP contribution in [0.5, 0.6) is 0 Å². The van der Waals surface area contributed by atoms with Crippen LogP contribution in [0.2, 0.25) is 0 Å². The van der Waals surface area contributed by atoms with Crippen molar-refractivity contribution in [2.24, 2.45) is 11.1 Å². The largest absolute Gasteiger partial charge is 0.330 e. The van der Waals surface area contributed by atoms with Gasteiger partial charge in [0.25, 0.3) is 0 Å². The van der Waals surface area contributed by atoms with E-state index in [1.807, 2.05) is 0 Å². The summed E-state index contributed by atoms with van der Waals surface area (Å²) in [4.78, 5) is 0. The van der Waals surface area contributed by atoms with E-state index < -0.39 is 0 Å². The summed E-state index contributed by atoms with van der Waals surface area (Å²) in [6.07, 6.45) is 8.05. The first-order chi connectivity index (χ1) is 7.73. The highest BCUT2D eigenvalue weighted by molar-refractivity contribution is 5.09. The molecular weight excluding hydrogens is 198 g/mol. The van der Waals surface area contributed by atoms with Crippen molar-refractivity contribution in [2.75, 3.05) is 6.54 Å². The number of hydrogen-bond donors (Lipinski definition) is 1. The van der Waals surface area contributed by atoms with Gasteiger partial charge in [-0.05, 0) is 50.1 Å². The molecule has 1 aliphatic rings. The Kier molecular flexibility index (Phi) is 3.33. The van der Waals surface area contributed by atoms with Crippen LogP contribution in [0.4, 0.5) is 0 Å². The molecule has 16 heavy (non-hydrogen) atoms. The third-order valence-electron chi connectivity index (χ3n) is 3.93. The van der Waals surface area contributed by atoms with Gasteiger partial charge in [0.15, 0.2) is 0 Å². The summed E-state index contributed by atoms with van der Waals surface area (Å²) in [5, 5.41) is 4.69. The summed E-state index contributed by atoms with van der Waals surface area (Å²) in [6, 6.07) is 2.72. The standard InChI is InChI=1S/C13H23N3/c1-3-12(4-2)16-8-5-11(15-16)9-13(10-14)6-7-13/h5,8,12H,3-4,6-7,9-10,14H2,1-2H3. The summed E-state index contributed by atoms with van der Waals surface area (Å²) in [7, 11) is 0. The summed E-state index contributed by atoms with van der Waals surface area (Å²) in [6.45, 7) is 5.25. The smallest absolute Gasteiger partial charge is 0.0630 e. The minimum absolute atomic E-state index is 0.396. The summed E-state index contributed by atoms with van der Waals surface area (Å²) >= 11 is 0. The summed E-state index contributed by atoms with van der Waals surface area (Å²) in [5.74, 6) is 0. The first-order valence-corrected chi connectivity index (χ1v) is 6.47. The van der Waals surface area contributed by atoms with Crippen LogP contribution in [0.15, 0.2) is 12.3 Å². The fourth-order valence-corrected chi connectivity index (χ4v) is 2.35. The zero-order valence-corrected chi connectivity index (χ0v) is 10.4. The molecule has 2 rings (SSSR count). The van der Waals surface area contributed by atoms with E-state index in [0.717, 1.165) is 25.8 Å². The average Bonchev–Trinajstić information content (AvgIpc) is 2.93. The van der Waals surface area contributed by atoms with Crippen LogP contribution in [0.25, 0.3) is 0 Å². The van der Waals surface area contributed by atoms with E-state index in [1.165, 1.54) is 18.5 Å². The van der Waals surface area contributed by atoms with Crippen molar-refractivity contribution in [1.82, 2.24) is 9.78 Å². The maximum atomic E-state index is 5.80. The molecule has 0 spiro atoms. The average molecular weight is 221 g/mol. The molecule has 1 saturated carbocycles. The van der Waals surface area contributed by atoms with Crippen molar-refractivity contribution < 1.29 is 0 Å². The Morgan fingerprint density at radius 2 is 2.12 bits per heavy atom. The van der Waals surface area contributed by atoms with Crippen LogP contribution >= 0.6 is 0 Å². The molecule has 0 amide bonds. The topological polar surface area (TPSA) is 43.8 Å². The molecule has 0 aliphatic heterocycles. The van der Waals surface area contributed by atoms with Crippen LogP contribution < -0.4 is 5.73 Å². The van der Waals surface area contributed by atoms with Crippen molar-refractivity contribution in [3.8, 4) is 0 Å². The van der Waals surface area contributed by atoms with Gasteiger partial charge in [-0.3, -0.25) is 4.68 Å². The maximum Gasteiger partial charge on any atom is 0.0630 e. The van der Waals surface area contributed by atoms with Crippen LogP contribution in [-0.4, -0.2) is 16.3 Å². The highest BCUT2D eigenvalue weighted by atomic mass is 15.3. The van der Waals surface area contributed by atoms with Gasteiger partial charge in [-0.2, -0.15) is 5.10 Å². The van der Waals surface area contributed by atoms with Gasteiger partial charge in [0.05, 0.1) is 11.7 Å². The Morgan fingerprint density at radius 1 is 1.44 bits per heavy atom. The second kappa shape index (κ2) is 4.58. The fraction of sp³-hybridized carbons (Fsp3) is 0.769. The van der Waals surface area contributed by atoms with Gasteiger partial charge >= 0.3 is 0 Å². The number of rotatable bonds is 6. The monoisotopic (exact) mass is 221 g/mol. The Balaban J connectivity index is 2.02. The molecular formula is C13H23N3. The zero-order valence-electron chi connectivity index (χ0n) is 10.4. The van der Waals surface area contributed by atoms with Gasteiger partial charge in [0, 0.05) is 6.20 Å². The van der Waals surface area contributed by atoms with Crippen molar-refractivity contribution >= 4 is 0 Å². The molecule has 0 atom stereocenters. The minimum Gasteiger partial charge on any atom is -0.330 e. The third-order valence-corrected chi connectivity index (χ3v) is 3.93. The third kappa shape index (κ3) is 2.29. The zero-order chi connectivity index (χ0) is 11.6. The Hall–Kier alpha value is -0.830. The Labute approximate surface area is 98.0 Å². The normalized spacial score (nSPS) is 18.0. The van der Waals surface area contributed by atoms with E-state index in [0.29, 0.717) is 11.5 Å². The molecule has 90 valence electrons. The molecule has 0 radical (unpaired) electrons. The molecule has 0 unspecified atom stereocenters. The summed E-state index contributed by atoms with van der Waals surface area (Å²) in [5.41, 5.74) is 7.41. The highest BCUT2D eigenvalue weighted by Crippen LogP contribution is 2.47. The first kappa shape index (κ1) is 11.6. The van der Waals surface area contributed by atoms with Crippen LogP contribution in [0, 0.1) is 5.41 Å². The Morgan fingerprint density at radius 3 is 2.62 bits per heavy atom. The molecule has 1 heterocycles. The SMILES string of the molecule is CCC(CC)n1ccc(CC2(CN)CC2)n1. The molecule has 1 aromatic heterocycles. The van der Waals surface area contributed by atoms with Gasteiger partial charge in [-0.1, -0.05) is 13.8 Å². The van der Waals surface area contributed by atoms with E-state index >= 15 is 0 Å². The van der Waals surface area contributed by atoms with Crippen molar-refractivity contribution in [2.45, 2.75) is 52.0 Å². The van der Waals surface area contributed by atoms with Gasteiger partial charge in [0.1, 0.15) is 0 Å². The number of aromatic nitrogens is 2. The Bertz CT molecular complexity index is 335. The summed E-state index contributed by atoms with van der Waals surface area (Å²) < 4.78 is 2.13. The quantitative estimate of drug-likeness (QED) is 0.802.